The van der Waals surface area contributed by atoms with Crippen molar-refractivity contribution in [1.29, 1.82) is 5.26 Å². The van der Waals surface area contributed by atoms with Crippen LogP contribution >= 0.6 is 11.8 Å². The molecule has 0 radical (unpaired) electrons. The quantitative estimate of drug-likeness (QED) is 0.486. The van der Waals surface area contributed by atoms with Gasteiger partial charge in [-0.25, -0.2) is 9.18 Å². The fraction of sp³-hybridized carbons (Fsp3) is 0.320. The summed E-state index contributed by atoms with van der Waals surface area (Å²) in [4.78, 5) is 28.4. The van der Waals surface area contributed by atoms with Gasteiger partial charge in [-0.15, -0.1) is 0 Å². The van der Waals surface area contributed by atoms with E-state index in [9.17, 15) is 14.9 Å². The average Bonchev–Trinajstić information content (AvgIpc) is 3.22. The van der Waals surface area contributed by atoms with Gasteiger partial charge in [0.05, 0.1) is 29.4 Å². The molecule has 0 spiro atoms. The van der Waals surface area contributed by atoms with E-state index < -0.39 is 18.0 Å². The van der Waals surface area contributed by atoms with Gasteiger partial charge < -0.3 is 15.0 Å². The molecule has 2 aliphatic rings. The molecule has 0 bridgehead atoms. The number of piperidine rings is 1. The van der Waals surface area contributed by atoms with Crippen molar-refractivity contribution in [3.8, 4) is 6.07 Å². The first-order valence-corrected chi connectivity index (χ1v) is 11.9. The van der Waals surface area contributed by atoms with Crippen molar-refractivity contribution in [2.24, 2.45) is 0 Å². The molecule has 4 rings (SSSR count). The Morgan fingerprint density at radius 1 is 1.24 bits per heavy atom. The van der Waals surface area contributed by atoms with E-state index in [0.717, 1.165) is 10.5 Å². The maximum atomic E-state index is 15.0. The molecule has 2 aromatic carbocycles. The van der Waals surface area contributed by atoms with Crippen LogP contribution in [0.15, 0.2) is 63.9 Å². The van der Waals surface area contributed by atoms with Gasteiger partial charge in [-0.05, 0) is 48.7 Å². The van der Waals surface area contributed by atoms with Crippen molar-refractivity contribution in [1.82, 2.24) is 5.32 Å². The van der Waals surface area contributed by atoms with E-state index in [1.54, 1.807) is 12.1 Å². The summed E-state index contributed by atoms with van der Waals surface area (Å²) in [5.74, 6) is -0.618. The van der Waals surface area contributed by atoms with Gasteiger partial charge in [-0.2, -0.15) is 5.26 Å². The average molecular weight is 481 g/mol. The van der Waals surface area contributed by atoms with E-state index in [1.807, 2.05) is 35.2 Å². The number of hydrogen-bond acceptors (Lipinski definition) is 6. The van der Waals surface area contributed by atoms with E-state index in [4.69, 9.17) is 4.74 Å². The number of cyclic esters (lactones) is 1. The molecule has 1 atom stereocenters. The third kappa shape index (κ3) is 5.51. The number of carbonyl (C=O) groups excluding carboxylic acids is 2. The second-order valence-electron chi connectivity index (χ2n) is 8.14. The number of benzene rings is 2. The molecule has 2 aliphatic heterocycles. The van der Waals surface area contributed by atoms with Crippen molar-refractivity contribution < 1.29 is 18.7 Å². The van der Waals surface area contributed by atoms with Crippen LogP contribution in [0.5, 0.6) is 0 Å². The minimum absolute atomic E-state index is 0.204. The van der Waals surface area contributed by atoms with Crippen molar-refractivity contribution >= 4 is 35.1 Å². The van der Waals surface area contributed by atoms with Crippen LogP contribution in [-0.2, 0) is 9.53 Å². The highest BCUT2D eigenvalue weighted by Gasteiger charge is 2.33. The van der Waals surface area contributed by atoms with Gasteiger partial charge in [0.1, 0.15) is 18.0 Å². The Hall–Kier alpha value is -3.51. The van der Waals surface area contributed by atoms with Crippen LogP contribution in [0.3, 0.4) is 0 Å². The summed E-state index contributed by atoms with van der Waals surface area (Å²) in [7, 11) is 0. The van der Waals surface area contributed by atoms with E-state index in [2.05, 4.69) is 11.4 Å². The third-order valence-electron chi connectivity index (χ3n) is 5.79. The van der Waals surface area contributed by atoms with Crippen LogP contribution in [-0.4, -0.2) is 44.3 Å². The van der Waals surface area contributed by atoms with Crippen LogP contribution in [0.4, 0.5) is 20.6 Å². The van der Waals surface area contributed by atoms with Crippen molar-refractivity contribution in [2.75, 3.05) is 36.0 Å². The van der Waals surface area contributed by atoms with Gasteiger partial charge >= 0.3 is 6.09 Å². The molecule has 1 N–H and O–H groups in total. The number of anilines is 2. The summed E-state index contributed by atoms with van der Waals surface area (Å²) >= 11 is 1.47. The van der Waals surface area contributed by atoms with Gasteiger partial charge in [0.2, 0.25) is 5.91 Å². The smallest absolute Gasteiger partial charge is 0.414 e. The number of halogens is 1. The van der Waals surface area contributed by atoms with Gasteiger partial charge in [0, 0.05) is 24.9 Å². The SMILES string of the molecule is CC(=O)NC[C@H]1CN(c2ccc(N3CCC(=C(C#N)Sc4ccccc4)CC3)c(F)c2)C(=O)O1. The van der Waals surface area contributed by atoms with Crippen molar-refractivity contribution in [2.45, 2.75) is 30.8 Å². The first kappa shape index (κ1) is 23.6. The molecule has 2 saturated heterocycles. The highest BCUT2D eigenvalue weighted by atomic mass is 32.2. The summed E-state index contributed by atoms with van der Waals surface area (Å²) in [6.45, 7) is 3.07. The first-order chi connectivity index (χ1) is 16.4. The maximum absolute atomic E-state index is 15.0. The molecule has 0 unspecified atom stereocenters. The van der Waals surface area contributed by atoms with E-state index in [1.165, 1.54) is 29.7 Å². The summed E-state index contributed by atoms with van der Waals surface area (Å²) in [5.41, 5.74) is 1.98. The number of carbonyl (C=O) groups is 2. The van der Waals surface area contributed by atoms with E-state index >= 15 is 4.39 Å². The number of allylic oxidation sites excluding steroid dienone is 1. The summed E-state index contributed by atoms with van der Waals surface area (Å²) in [6.07, 6.45) is 0.338. The van der Waals surface area contributed by atoms with E-state index in [0.29, 0.717) is 42.2 Å². The Labute approximate surface area is 202 Å². The Morgan fingerprint density at radius 3 is 2.62 bits per heavy atom. The Morgan fingerprint density at radius 2 is 1.97 bits per heavy atom. The van der Waals surface area contributed by atoms with Crippen LogP contribution in [0.25, 0.3) is 0 Å². The van der Waals surface area contributed by atoms with Gasteiger partial charge in [-0.3, -0.25) is 9.69 Å². The second-order valence-corrected chi connectivity index (χ2v) is 9.22. The molecule has 0 aliphatic carbocycles. The lowest BCUT2D eigenvalue weighted by atomic mass is 10.0. The zero-order chi connectivity index (χ0) is 24.1. The largest absolute Gasteiger partial charge is 0.442 e. The second kappa shape index (κ2) is 10.6. The molecule has 34 heavy (non-hydrogen) atoms. The molecule has 2 fully saturated rings. The first-order valence-electron chi connectivity index (χ1n) is 11.1. The number of rotatable bonds is 6. The number of nitriles is 1. The molecular weight excluding hydrogens is 455 g/mol. The Bertz CT molecular complexity index is 1140. The zero-order valence-corrected chi connectivity index (χ0v) is 19.6. The fourth-order valence-corrected chi connectivity index (χ4v) is 4.96. The predicted molar refractivity (Wildman–Crippen MR) is 129 cm³/mol. The van der Waals surface area contributed by atoms with E-state index in [-0.39, 0.29) is 19.0 Å². The Balaban J connectivity index is 1.40. The Kier molecular flexibility index (Phi) is 7.38. The molecule has 0 saturated carbocycles. The number of ether oxygens (including phenoxy) is 1. The molecule has 2 amide bonds. The van der Waals surface area contributed by atoms with Crippen LogP contribution in [0.2, 0.25) is 0 Å². The highest BCUT2D eigenvalue weighted by Crippen LogP contribution is 2.35. The topological polar surface area (TPSA) is 85.7 Å². The van der Waals surface area contributed by atoms with Crippen LogP contribution in [0.1, 0.15) is 19.8 Å². The normalized spacial score (nSPS) is 17.9. The summed E-state index contributed by atoms with van der Waals surface area (Å²) in [5, 5.41) is 12.3. The standard InChI is InChI=1S/C25H25FN4O3S/c1-17(31)28-15-20-16-30(25(32)33-20)19-7-8-23(22(26)13-19)29-11-9-18(10-12-29)24(14-27)34-21-5-3-2-4-6-21/h2-8,13,20H,9-12,15-16H2,1H3,(H,28,31)/t20-/m0/s1. The number of nitrogens with one attached hydrogen (secondary N) is 1. The summed E-state index contributed by atoms with van der Waals surface area (Å²) < 4.78 is 20.3. The molecular formula is C25H25FN4O3S. The fourth-order valence-electron chi connectivity index (χ4n) is 4.04. The van der Waals surface area contributed by atoms with Gasteiger partial charge in [-0.1, -0.05) is 30.0 Å². The highest BCUT2D eigenvalue weighted by molar-refractivity contribution is 8.03. The van der Waals surface area contributed by atoms with Gasteiger partial charge in [0.15, 0.2) is 0 Å². The number of thioether (sulfide) groups is 1. The van der Waals surface area contributed by atoms with Crippen LogP contribution in [0, 0.1) is 17.1 Å². The predicted octanol–water partition coefficient (Wildman–Crippen LogP) is 4.46. The van der Waals surface area contributed by atoms with Crippen molar-refractivity contribution in [3.05, 3.63) is 64.8 Å². The molecule has 176 valence electrons. The maximum Gasteiger partial charge on any atom is 0.414 e. The molecule has 7 nitrogen and oxygen atoms in total. The lowest BCUT2D eigenvalue weighted by Crippen LogP contribution is -2.33. The zero-order valence-electron chi connectivity index (χ0n) is 18.8. The third-order valence-corrected chi connectivity index (χ3v) is 6.88. The molecule has 9 heteroatoms. The minimum atomic E-state index is -0.560. The summed E-state index contributed by atoms with van der Waals surface area (Å²) in [6, 6.07) is 16.8. The van der Waals surface area contributed by atoms with Gasteiger partial charge in [0.25, 0.3) is 0 Å². The van der Waals surface area contributed by atoms with Crippen molar-refractivity contribution in [3.63, 3.8) is 0 Å². The minimum Gasteiger partial charge on any atom is -0.442 e. The number of hydrogen-bond donors (Lipinski definition) is 1. The molecule has 2 aromatic rings. The monoisotopic (exact) mass is 480 g/mol. The molecule has 0 aromatic heterocycles. The number of amides is 2. The van der Waals surface area contributed by atoms with Crippen LogP contribution < -0.4 is 15.1 Å². The lowest BCUT2D eigenvalue weighted by molar-refractivity contribution is -0.119. The molecule has 2 heterocycles. The lowest BCUT2D eigenvalue weighted by Gasteiger charge is -2.31. The number of nitrogens with zero attached hydrogens (tertiary/aromatic N) is 3.